The van der Waals surface area contributed by atoms with Crippen LogP contribution in [0.25, 0.3) is 0 Å². The van der Waals surface area contributed by atoms with Crippen LogP contribution >= 0.6 is 0 Å². The molecule has 1 aliphatic rings. The van der Waals surface area contributed by atoms with Gasteiger partial charge >= 0.3 is 12.4 Å². The maximum Gasteiger partial charge on any atom is 0.416 e. The van der Waals surface area contributed by atoms with Gasteiger partial charge in [0.2, 0.25) is 0 Å². The Kier molecular flexibility index (Phi) is 8.53. The van der Waals surface area contributed by atoms with Crippen molar-refractivity contribution >= 4 is 0 Å². The number of halogens is 6. The summed E-state index contributed by atoms with van der Waals surface area (Å²) in [4.78, 5) is 2.21. The Hall–Kier alpha value is -2.53. The van der Waals surface area contributed by atoms with Crippen molar-refractivity contribution in [1.82, 2.24) is 4.90 Å². The van der Waals surface area contributed by atoms with Gasteiger partial charge in [-0.2, -0.15) is 31.6 Å². The third kappa shape index (κ3) is 7.00. The molecule has 1 heterocycles. The third-order valence-electron chi connectivity index (χ3n) is 6.80. The summed E-state index contributed by atoms with van der Waals surface area (Å²) in [5, 5.41) is 9.21. The number of rotatable bonds is 7. The minimum Gasteiger partial charge on any atom is -0.289 e. The summed E-state index contributed by atoms with van der Waals surface area (Å²) < 4.78 is 78.7. The van der Waals surface area contributed by atoms with Crippen LogP contribution in [0.1, 0.15) is 80.3 Å². The smallest absolute Gasteiger partial charge is 0.289 e. The minimum atomic E-state index is -4.44. The number of nitrogens with zero attached hydrogens (tertiary/aromatic N) is 2. The highest BCUT2D eigenvalue weighted by molar-refractivity contribution is 5.30. The van der Waals surface area contributed by atoms with Crippen molar-refractivity contribution in [2.75, 3.05) is 6.54 Å². The van der Waals surface area contributed by atoms with Crippen LogP contribution in [0.5, 0.6) is 0 Å². The Morgan fingerprint density at radius 1 is 0.886 bits per heavy atom. The zero-order valence-corrected chi connectivity index (χ0v) is 19.8. The van der Waals surface area contributed by atoms with Gasteiger partial charge in [0.1, 0.15) is 0 Å². The molecule has 1 saturated heterocycles. The number of piperidine rings is 1. The summed E-state index contributed by atoms with van der Waals surface area (Å²) >= 11 is 0. The Morgan fingerprint density at radius 2 is 1.43 bits per heavy atom. The molecule has 2 aromatic rings. The van der Waals surface area contributed by atoms with Crippen molar-refractivity contribution in [3.05, 3.63) is 70.8 Å². The number of alkyl halides is 6. The normalized spacial score (nSPS) is 20.6. The number of hydrogen-bond donors (Lipinski definition) is 0. The van der Waals surface area contributed by atoms with Gasteiger partial charge in [-0.15, -0.1) is 0 Å². The highest BCUT2D eigenvalue weighted by atomic mass is 19.4. The zero-order valence-electron chi connectivity index (χ0n) is 19.8. The molecule has 0 bridgehead atoms. The summed E-state index contributed by atoms with van der Waals surface area (Å²) in [5.74, 6) is 0.495. The lowest BCUT2D eigenvalue weighted by Crippen LogP contribution is -2.39. The summed E-state index contributed by atoms with van der Waals surface area (Å²) in [5.41, 5.74) is 0.0450. The van der Waals surface area contributed by atoms with Crippen LogP contribution in [0.15, 0.2) is 48.5 Å². The third-order valence-corrected chi connectivity index (χ3v) is 6.80. The average molecular weight is 497 g/mol. The van der Waals surface area contributed by atoms with Gasteiger partial charge in [-0.3, -0.25) is 4.90 Å². The Balaban J connectivity index is 1.98. The lowest BCUT2D eigenvalue weighted by atomic mass is 9.82. The van der Waals surface area contributed by atoms with E-state index in [4.69, 9.17) is 0 Å². The highest BCUT2D eigenvalue weighted by Crippen LogP contribution is 2.43. The van der Waals surface area contributed by atoms with E-state index in [1.54, 1.807) is 0 Å². The maximum absolute atomic E-state index is 13.1. The largest absolute Gasteiger partial charge is 0.416 e. The average Bonchev–Trinajstić information content (AvgIpc) is 2.79. The van der Waals surface area contributed by atoms with Crippen molar-refractivity contribution in [2.45, 2.75) is 70.4 Å². The highest BCUT2D eigenvalue weighted by Gasteiger charge is 2.36. The molecule has 0 spiro atoms. The first kappa shape index (κ1) is 27.1. The van der Waals surface area contributed by atoms with E-state index in [1.165, 1.54) is 24.3 Å². The van der Waals surface area contributed by atoms with E-state index in [-0.39, 0.29) is 18.0 Å². The summed E-state index contributed by atoms with van der Waals surface area (Å²) in [6, 6.07) is 12.1. The SMILES string of the molecule is CC(C)CC[C@H](c1ccc(C(F)(F)F)cc1)N1CCC(CC#N)C[C@H]1c1ccc(C(F)(F)F)cc1. The molecule has 1 fully saturated rings. The minimum absolute atomic E-state index is 0.113. The van der Waals surface area contributed by atoms with Crippen LogP contribution in [0.4, 0.5) is 26.3 Å². The van der Waals surface area contributed by atoms with Crippen LogP contribution in [0.3, 0.4) is 0 Å². The number of benzene rings is 2. The predicted octanol–water partition coefficient (Wildman–Crippen LogP) is 8.57. The van der Waals surface area contributed by atoms with E-state index in [9.17, 15) is 31.6 Å². The second-order valence-electron chi connectivity index (χ2n) is 9.73. The molecule has 190 valence electrons. The number of likely N-dealkylation sites (tertiary alicyclic amines) is 1. The molecule has 3 atom stereocenters. The fraction of sp³-hybridized carbons (Fsp3) is 0.519. The predicted molar refractivity (Wildman–Crippen MR) is 122 cm³/mol. The lowest BCUT2D eigenvalue weighted by molar-refractivity contribution is -0.138. The first-order valence-corrected chi connectivity index (χ1v) is 11.9. The molecular weight excluding hydrogens is 466 g/mol. The fourth-order valence-electron chi connectivity index (χ4n) is 4.88. The van der Waals surface area contributed by atoms with Crippen LogP contribution in [-0.4, -0.2) is 11.4 Å². The van der Waals surface area contributed by atoms with Gasteiger partial charge in [-0.1, -0.05) is 38.1 Å². The molecule has 1 aliphatic heterocycles. The zero-order chi connectivity index (χ0) is 25.8. The molecule has 8 heteroatoms. The van der Waals surface area contributed by atoms with Gasteiger partial charge in [-0.25, -0.2) is 0 Å². The Labute approximate surface area is 202 Å². The van der Waals surface area contributed by atoms with Crippen LogP contribution in [0.2, 0.25) is 0 Å². The Morgan fingerprint density at radius 3 is 1.91 bits per heavy atom. The number of hydrogen-bond acceptors (Lipinski definition) is 2. The molecule has 0 radical (unpaired) electrons. The second kappa shape index (κ2) is 11.0. The fourth-order valence-corrected chi connectivity index (χ4v) is 4.88. The summed E-state index contributed by atoms with van der Waals surface area (Å²) in [6.07, 6.45) is -5.58. The molecule has 35 heavy (non-hydrogen) atoms. The Bertz CT molecular complexity index is 987. The van der Waals surface area contributed by atoms with Gasteiger partial charge in [0.15, 0.2) is 0 Å². The molecule has 2 nitrogen and oxygen atoms in total. The van der Waals surface area contributed by atoms with Crippen molar-refractivity contribution in [1.29, 1.82) is 5.26 Å². The molecule has 0 amide bonds. The second-order valence-corrected chi connectivity index (χ2v) is 9.73. The first-order chi connectivity index (χ1) is 16.4. The van der Waals surface area contributed by atoms with E-state index in [0.29, 0.717) is 31.7 Å². The van der Waals surface area contributed by atoms with Crippen LogP contribution in [-0.2, 0) is 12.4 Å². The van der Waals surface area contributed by atoms with Crippen LogP contribution in [0, 0.1) is 23.2 Å². The van der Waals surface area contributed by atoms with Crippen LogP contribution < -0.4 is 0 Å². The molecule has 0 N–H and O–H groups in total. The summed E-state index contributed by atoms with van der Waals surface area (Å²) in [7, 11) is 0. The molecule has 0 aromatic heterocycles. The molecule has 0 aliphatic carbocycles. The molecular formula is C27H30F6N2. The monoisotopic (exact) mass is 496 g/mol. The topological polar surface area (TPSA) is 27.0 Å². The van der Waals surface area contributed by atoms with E-state index < -0.39 is 23.5 Å². The summed E-state index contributed by atoms with van der Waals surface area (Å²) in [6.45, 7) is 4.77. The van der Waals surface area contributed by atoms with E-state index in [2.05, 4.69) is 24.8 Å². The molecule has 3 rings (SSSR count). The van der Waals surface area contributed by atoms with E-state index >= 15 is 0 Å². The van der Waals surface area contributed by atoms with Crippen molar-refractivity contribution in [2.24, 2.45) is 11.8 Å². The van der Waals surface area contributed by atoms with Gasteiger partial charge in [-0.05, 0) is 79.5 Å². The number of nitriles is 1. The molecule has 0 saturated carbocycles. The lowest BCUT2D eigenvalue weighted by Gasteiger charge is -2.44. The van der Waals surface area contributed by atoms with Gasteiger partial charge < -0.3 is 0 Å². The van der Waals surface area contributed by atoms with Crippen molar-refractivity contribution < 1.29 is 26.3 Å². The maximum atomic E-state index is 13.1. The molecule has 1 unspecified atom stereocenters. The van der Waals surface area contributed by atoms with Gasteiger partial charge in [0.05, 0.1) is 17.2 Å². The van der Waals surface area contributed by atoms with Crippen molar-refractivity contribution in [3.8, 4) is 6.07 Å². The van der Waals surface area contributed by atoms with Crippen molar-refractivity contribution in [3.63, 3.8) is 0 Å². The van der Waals surface area contributed by atoms with Gasteiger partial charge in [0.25, 0.3) is 0 Å². The first-order valence-electron chi connectivity index (χ1n) is 11.9. The quantitative estimate of drug-likeness (QED) is 0.359. The van der Waals surface area contributed by atoms with E-state index in [1.807, 2.05) is 0 Å². The standard InChI is InChI=1S/C27H30F6N2/c1-18(2)3-12-24(20-4-8-22(9-5-20)26(28,29)30)35-16-14-19(13-15-34)17-25(35)21-6-10-23(11-7-21)27(31,32)33/h4-11,18-19,24-25H,3,12-14,16-17H2,1-2H3/t19?,24-,25+/m1/s1. The van der Waals surface area contributed by atoms with E-state index in [0.717, 1.165) is 48.2 Å². The van der Waals surface area contributed by atoms with Gasteiger partial charge in [0, 0.05) is 18.5 Å². The molecule has 2 aromatic carbocycles.